The lowest BCUT2D eigenvalue weighted by Gasteiger charge is -2.02. The molecule has 0 aliphatic heterocycles. The number of halogens is 1. The van der Waals surface area contributed by atoms with Gasteiger partial charge in [0.25, 0.3) is 0 Å². The maximum atomic E-state index is 13.1. The van der Waals surface area contributed by atoms with E-state index >= 15 is 0 Å². The van der Waals surface area contributed by atoms with Crippen LogP contribution in [0, 0.1) is 5.82 Å². The van der Waals surface area contributed by atoms with Gasteiger partial charge < -0.3 is 10.3 Å². The maximum absolute atomic E-state index is 13.1. The maximum Gasteiger partial charge on any atom is 0.125 e. The third-order valence-electron chi connectivity index (χ3n) is 2.58. The van der Waals surface area contributed by atoms with E-state index in [0.717, 1.165) is 17.3 Å². The van der Waals surface area contributed by atoms with Gasteiger partial charge in [0.05, 0.1) is 5.52 Å². The van der Waals surface area contributed by atoms with Crippen LogP contribution in [0.2, 0.25) is 0 Å². The van der Waals surface area contributed by atoms with Gasteiger partial charge >= 0.3 is 0 Å². The van der Waals surface area contributed by atoms with E-state index in [0.29, 0.717) is 0 Å². The van der Waals surface area contributed by atoms with Crippen LogP contribution in [0.1, 0.15) is 12.5 Å². The molecule has 0 saturated heterocycles. The van der Waals surface area contributed by atoms with Crippen LogP contribution in [0.4, 0.5) is 4.39 Å². The van der Waals surface area contributed by atoms with Crippen LogP contribution >= 0.6 is 0 Å². The smallest absolute Gasteiger partial charge is 0.125 e. The Labute approximate surface area is 88.5 Å². The fraction of sp³-hybridized carbons (Fsp3) is 0.333. The zero-order valence-corrected chi connectivity index (χ0v) is 9.00. The van der Waals surface area contributed by atoms with Crippen LogP contribution in [0.5, 0.6) is 0 Å². The Kier molecular flexibility index (Phi) is 2.49. The number of nitrogens with zero attached hydrogens (tertiary/aromatic N) is 1. The molecular formula is C12H15FN2. The van der Waals surface area contributed by atoms with Gasteiger partial charge in [0.2, 0.25) is 0 Å². The summed E-state index contributed by atoms with van der Waals surface area (Å²) in [4.78, 5) is 0. The first-order valence-electron chi connectivity index (χ1n) is 5.07. The van der Waals surface area contributed by atoms with Crippen molar-refractivity contribution in [2.45, 2.75) is 19.4 Å². The molecule has 0 saturated carbocycles. The number of aryl methyl sites for hydroxylation is 1. The van der Waals surface area contributed by atoms with Crippen LogP contribution in [-0.2, 0) is 13.5 Å². The van der Waals surface area contributed by atoms with Crippen molar-refractivity contribution in [2.75, 3.05) is 0 Å². The number of rotatable bonds is 2. The third kappa shape index (κ3) is 1.88. The predicted octanol–water partition coefficient (Wildman–Crippen LogP) is 2.21. The van der Waals surface area contributed by atoms with Gasteiger partial charge in [0.1, 0.15) is 5.82 Å². The summed E-state index contributed by atoms with van der Waals surface area (Å²) < 4.78 is 15.0. The molecule has 0 aliphatic carbocycles. The van der Waals surface area contributed by atoms with Crippen LogP contribution in [0.25, 0.3) is 10.9 Å². The highest BCUT2D eigenvalue weighted by molar-refractivity contribution is 5.84. The first-order valence-corrected chi connectivity index (χ1v) is 5.07. The highest BCUT2D eigenvalue weighted by Crippen LogP contribution is 2.22. The van der Waals surface area contributed by atoms with Gasteiger partial charge in [-0.3, -0.25) is 0 Å². The number of nitrogens with two attached hydrogens (primary N) is 1. The Balaban J connectivity index is 2.57. The van der Waals surface area contributed by atoms with Gasteiger partial charge in [-0.1, -0.05) is 0 Å². The van der Waals surface area contributed by atoms with Gasteiger partial charge in [-0.05, 0) is 37.1 Å². The van der Waals surface area contributed by atoms with Crippen molar-refractivity contribution >= 4 is 10.9 Å². The largest absolute Gasteiger partial charge is 0.350 e. The Morgan fingerprint density at radius 3 is 2.87 bits per heavy atom. The Morgan fingerprint density at radius 2 is 2.20 bits per heavy atom. The van der Waals surface area contributed by atoms with Gasteiger partial charge in [-0.25, -0.2) is 4.39 Å². The minimum Gasteiger partial charge on any atom is -0.350 e. The second kappa shape index (κ2) is 3.66. The highest BCUT2D eigenvalue weighted by atomic mass is 19.1. The first-order chi connectivity index (χ1) is 7.08. The van der Waals surface area contributed by atoms with Crippen molar-refractivity contribution in [1.82, 2.24) is 4.57 Å². The summed E-state index contributed by atoms with van der Waals surface area (Å²) in [6, 6.07) is 5.00. The van der Waals surface area contributed by atoms with E-state index in [-0.39, 0.29) is 11.9 Å². The number of hydrogen-bond acceptors (Lipinski definition) is 1. The Morgan fingerprint density at radius 1 is 1.47 bits per heavy atom. The van der Waals surface area contributed by atoms with Crippen molar-refractivity contribution in [3.05, 3.63) is 35.8 Å². The van der Waals surface area contributed by atoms with Crippen molar-refractivity contribution in [1.29, 1.82) is 0 Å². The van der Waals surface area contributed by atoms with Crippen molar-refractivity contribution in [2.24, 2.45) is 12.8 Å². The van der Waals surface area contributed by atoms with E-state index in [1.165, 1.54) is 11.6 Å². The molecule has 1 unspecified atom stereocenters. The number of aromatic nitrogens is 1. The monoisotopic (exact) mass is 206 g/mol. The molecular weight excluding hydrogens is 191 g/mol. The number of benzene rings is 1. The predicted molar refractivity (Wildman–Crippen MR) is 60.2 cm³/mol. The van der Waals surface area contributed by atoms with Crippen LogP contribution in [0.3, 0.4) is 0 Å². The van der Waals surface area contributed by atoms with Crippen molar-refractivity contribution in [3.8, 4) is 0 Å². The van der Waals surface area contributed by atoms with E-state index in [9.17, 15) is 4.39 Å². The molecule has 3 heteroatoms. The fourth-order valence-corrected chi connectivity index (χ4v) is 1.95. The summed E-state index contributed by atoms with van der Waals surface area (Å²) in [5.41, 5.74) is 7.88. The summed E-state index contributed by atoms with van der Waals surface area (Å²) in [7, 11) is 1.92. The molecule has 1 aromatic heterocycles. The Bertz CT molecular complexity index is 486. The van der Waals surface area contributed by atoms with E-state index in [1.54, 1.807) is 6.07 Å². The number of fused-ring (bicyclic) bond motifs is 1. The summed E-state index contributed by atoms with van der Waals surface area (Å²) in [6.07, 6.45) is 2.84. The third-order valence-corrected chi connectivity index (χ3v) is 2.58. The zero-order valence-electron chi connectivity index (χ0n) is 9.00. The molecule has 2 N–H and O–H groups in total. The van der Waals surface area contributed by atoms with Gasteiger partial charge in [0.15, 0.2) is 0 Å². The average Bonchev–Trinajstić information content (AvgIpc) is 2.42. The fourth-order valence-electron chi connectivity index (χ4n) is 1.95. The van der Waals surface area contributed by atoms with Crippen LogP contribution in [-0.4, -0.2) is 10.6 Å². The van der Waals surface area contributed by atoms with E-state index < -0.39 is 0 Å². The molecule has 0 spiro atoms. The molecule has 0 amide bonds. The van der Waals surface area contributed by atoms with E-state index in [4.69, 9.17) is 5.73 Å². The van der Waals surface area contributed by atoms with Crippen LogP contribution < -0.4 is 5.73 Å². The normalized spacial score (nSPS) is 13.3. The van der Waals surface area contributed by atoms with E-state index in [1.807, 2.05) is 30.8 Å². The van der Waals surface area contributed by atoms with Gasteiger partial charge in [-0.15, -0.1) is 0 Å². The van der Waals surface area contributed by atoms with Crippen molar-refractivity contribution < 1.29 is 4.39 Å². The lowest BCUT2D eigenvalue weighted by atomic mass is 10.1. The molecule has 2 nitrogen and oxygen atoms in total. The SMILES string of the molecule is CC(N)Cc1cn(C)c2cc(F)ccc12. The quantitative estimate of drug-likeness (QED) is 0.802. The zero-order chi connectivity index (χ0) is 11.0. The Hall–Kier alpha value is -1.35. The average molecular weight is 206 g/mol. The number of hydrogen-bond donors (Lipinski definition) is 1. The van der Waals surface area contributed by atoms with Gasteiger partial charge in [0, 0.05) is 24.7 Å². The summed E-state index contributed by atoms with van der Waals surface area (Å²) in [6.45, 7) is 1.97. The molecule has 0 aliphatic rings. The lowest BCUT2D eigenvalue weighted by molar-refractivity contribution is 0.629. The highest BCUT2D eigenvalue weighted by Gasteiger charge is 2.08. The minimum atomic E-state index is -0.198. The van der Waals surface area contributed by atoms with Crippen LogP contribution in [0.15, 0.2) is 24.4 Å². The standard InChI is InChI=1S/C12H15FN2/c1-8(14)5-9-7-15(2)12-6-10(13)3-4-11(9)12/h3-4,6-8H,5,14H2,1-2H3. The molecule has 1 heterocycles. The first kappa shape index (κ1) is 10.2. The molecule has 0 radical (unpaired) electrons. The second-order valence-electron chi connectivity index (χ2n) is 4.11. The molecule has 0 fully saturated rings. The topological polar surface area (TPSA) is 30.9 Å². The molecule has 15 heavy (non-hydrogen) atoms. The minimum absolute atomic E-state index is 0.126. The summed E-state index contributed by atoms with van der Waals surface area (Å²) in [5, 5.41) is 1.09. The molecule has 2 rings (SSSR count). The lowest BCUT2D eigenvalue weighted by Crippen LogP contribution is -2.17. The molecule has 0 bridgehead atoms. The molecule has 80 valence electrons. The summed E-state index contributed by atoms with van der Waals surface area (Å²) >= 11 is 0. The van der Waals surface area contributed by atoms with Crippen molar-refractivity contribution in [3.63, 3.8) is 0 Å². The molecule has 1 atom stereocenters. The second-order valence-corrected chi connectivity index (χ2v) is 4.11. The molecule has 2 aromatic rings. The summed E-state index contributed by atoms with van der Waals surface area (Å²) in [5.74, 6) is -0.198. The van der Waals surface area contributed by atoms with E-state index in [2.05, 4.69) is 0 Å². The van der Waals surface area contributed by atoms with Gasteiger partial charge in [-0.2, -0.15) is 0 Å². The molecule has 1 aromatic carbocycles.